The van der Waals surface area contributed by atoms with Crippen LogP contribution < -0.4 is 11.1 Å². The Kier molecular flexibility index (Phi) is 5.35. The largest absolute Gasteiger partial charge is 0.366 e. The molecule has 0 spiro atoms. The van der Waals surface area contributed by atoms with E-state index in [1.807, 2.05) is 6.92 Å². The normalized spacial score (nSPS) is 11.0. The number of primary amides is 1. The van der Waals surface area contributed by atoms with Crippen LogP contribution in [0.15, 0.2) is 53.4 Å². The van der Waals surface area contributed by atoms with Crippen molar-refractivity contribution in [1.82, 2.24) is 0 Å². The fraction of sp³-hybridized carbons (Fsp3) is 0.176. The highest BCUT2D eigenvalue weighted by molar-refractivity contribution is 7.91. The SMILES string of the molecule is Cc1ccc(S(=O)(=O)CCC(=O)Nc2cccc(C(N)=O)c2)cc1. The van der Waals surface area contributed by atoms with Crippen LogP contribution in [0.25, 0.3) is 0 Å². The molecule has 2 amide bonds. The zero-order valence-corrected chi connectivity index (χ0v) is 14.0. The molecule has 126 valence electrons. The average molecular weight is 346 g/mol. The maximum atomic E-state index is 12.2. The minimum absolute atomic E-state index is 0.184. The van der Waals surface area contributed by atoms with E-state index in [2.05, 4.69) is 5.32 Å². The van der Waals surface area contributed by atoms with Crippen molar-refractivity contribution in [2.24, 2.45) is 5.73 Å². The topological polar surface area (TPSA) is 106 Å². The molecule has 2 aromatic carbocycles. The number of nitrogens with two attached hydrogens (primary N) is 1. The molecule has 0 radical (unpaired) electrons. The number of aryl methyl sites for hydroxylation is 1. The van der Waals surface area contributed by atoms with Crippen LogP contribution >= 0.6 is 0 Å². The zero-order valence-electron chi connectivity index (χ0n) is 13.2. The first-order chi connectivity index (χ1) is 11.3. The van der Waals surface area contributed by atoms with Crippen LogP contribution in [0.4, 0.5) is 5.69 Å². The second-order valence-corrected chi connectivity index (χ2v) is 7.48. The number of anilines is 1. The lowest BCUT2D eigenvalue weighted by atomic mass is 10.2. The maximum absolute atomic E-state index is 12.2. The van der Waals surface area contributed by atoms with E-state index in [4.69, 9.17) is 5.73 Å². The molecular formula is C17H18N2O4S. The summed E-state index contributed by atoms with van der Waals surface area (Å²) in [6.45, 7) is 1.87. The number of hydrogen-bond acceptors (Lipinski definition) is 4. The van der Waals surface area contributed by atoms with Gasteiger partial charge in [-0.15, -0.1) is 0 Å². The molecular weight excluding hydrogens is 328 g/mol. The first kappa shape index (κ1) is 17.7. The second-order valence-electron chi connectivity index (χ2n) is 5.38. The van der Waals surface area contributed by atoms with Gasteiger partial charge in [0.2, 0.25) is 11.8 Å². The number of carbonyl (C=O) groups is 2. The summed E-state index contributed by atoms with van der Waals surface area (Å²) in [5.74, 6) is -1.35. The van der Waals surface area contributed by atoms with Crippen molar-refractivity contribution < 1.29 is 18.0 Å². The summed E-state index contributed by atoms with van der Waals surface area (Å²) < 4.78 is 24.4. The molecule has 2 aromatic rings. The summed E-state index contributed by atoms with van der Waals surface area (Å²) in [6, 6.07) is 12.6. The molecule has 0 bridgehead atoms. The Morgan fingerprint density at radius 2 is 1.75 bits per heavy atom. The average Bonchev–Trinajstić information content (AvgIpc) is 2.54. The van der Waals surface area contributed by atoms with Gasteiger partial charge in [-0.25, -0.2) is 8.42 Å². The Morgan fingerprint density at radius 3 is 2.38 bits per heavy atom. The first-order valence-corrected chi connectivity index (χ1v) is 8.92. The van der Waals surface area contributed by atoms with E-state index in [-0.39, 0.29) is 22.6 Å². The standard InChI is InChI=1S/C17H18N2O4S/c1-12-5-7-15(8-6-12)24(22,23)10-9-16(20)19-14-4-2-3-13(11-14)17(18)21/h2-8,11H,9-10H2,1H3,(H2,18,21)(H,19,20). The third-order valence-corrected chi connectivity index (χ3v) is 5.14. The van der Waals surface area contributed by atoms with Crippen molar-refractivity contribution in [1.29, 1.82) is 0 Å². The summed E-state index contributed by atoms with van der Waals surface area (Å²) in [6.07, 6.45) is -0.184. The summed E-state index contributed by atoms with van der Waals surface area (Å²) in [7, 11) is -3.52. The molecule has 0 aliphatic carbocycles. The lowest BCUT2D eigenvalue weighted by Crippen LogP contribution is -2.18. The van der Waals surface area contributed by atoms with Gasteiger partial charge in [-0.05, 0) is 37.3 Å². The Labute approximate surface area is 140 Å². The Hall–Kier alpha value is -2.67. The molecule has 24 heavy (non-hydrogen) atoms. The maximum Gasteiger partial charge on any atom is 0.248 e. The number of rotatable bonds is 6. The van der Waals surface area contributed by atoms with Crippen molar-refractivity contribution in [2.45, 2.75) is 18.2 Å². The van der Waals surface area contributed by atoms with Crippen molar-refractivity contribution >= 4 is 27.3 Å². The molecule has 0 aromatic heterocycles. The lowest BCUT2D eigenvalue weighted by Gasteiger charge is -2.07. The van der Waals surface area contributed by atoms with E-state index in [1.165, 1.54) is 24.3 Å². The number of nitrogens with one attached hydrogen (secondary N) is 1. The van der Waals surface area contributed by atoms with Gasteiger partial charge < -0.3 is 11.1 Å². The molecule has 6 nitrogen and oxygen atoms in total. The molecule has 3 N–H and O–H groups in total. The van der Waals surface area contributed by atoms with Crippen LogP contribution in [0.5, 0.6) is 0 Å². The molecule has 0 heterocycles. The molecule has 2 rings (SSSR count). The van der Waals surface area contributed by atoms with Crippen molar-refractivity contribution in [3.05, 3.63) is 59.7 Å². The van der Waals surface area contributed by atoms with Gasteiger partial charge in [-0.1, -0.05) is 23.8 Å². The van der Waals surface area contributed by atoms with Crippen LogP contribution in [0, 0.1) is 6.92 Å². The summed E-state index contributed by atoms with van der Waals surface area (Å²) in [5, 5.41) is 2.56. The van der Waals surface area contributed by atoms with E-state index in [9.17, 15) is 18.0 Å². The van der Waals surface area contributed by atoms with E-state index in [0.717, 1.165) is 5.56 Å². The lowest BCUT2D eigenvalue weighted by molar-refractivity contribution is -0.115. The smallest absolute Gasteiger partial charge is 0.248 e. The van der Waals surface area contributed by atoms with E-state index in [1.54, 1.807) is 24.3 Å². The van der Waals surface area contributed by atoms with Gasteiger partial charge in [-0.2, -0.15) is 0 Å². The zero-order chi connectivity index (χ0) is 17.7. The van der Waals surface area contributed by atoms with Gasteiger partial charge >= 0.3 is 0 Å². The molecule has 0 saturated heterocycles. The van der Waals surface area contributed by atoms with Gasteiger partial charge in [0.1, 0.15) is 0 Å². The van der Waals surface area contributed by atoms with Crippen LogP contribution in [-0.4, -0.2) is 26.0 Å². The predicted octanol–water partition coefficient (Wildman–Crippen LogP) is 1.90. The molecule has 0 aliphatic heterocycles. The quantitative estimate of drug-likeness (QED) is 0.833. The highest BCUT2D eigenvalue weighted by atomic mass is 32.2. The number of sulfone groups is 1. The van der Waals surface area contributed by atoms with Gasteiger partial charge in [0.15, 0.2) is 9.84 Å². The van der Waals surface area contributed by atoms with Gasteiger partial charge in [0.05, 0.1) is 10.6 Å². The molecule has 7 heteroatoms. The highest BCUT2D eigenvalue weighted by Crippen LogP contribution is 2.14. The third-order valence-electron chi connectivity index (χ3n) is 3.41. The number of carbonyl (C=O) groups excluding carboxylic acids is 2. The molecule has 0 saturated carbocycles. The van der Waals surface area contributed by atoms with Crippen LogP contribution in [0.2, 0.25) is 0 Å². The highest BCUT2D eigenvalue weighted by Gasteiger charge is 2.16. The van der Waals surface area contributed by atoms with E-state index >= 15 is 0 Å². The number of benzene rings is 2. The molecule has 0 atom stereocenters. The summed E-state index contributed by atoms with van der Waals surface area (Å²) in [5.41, 5.74) is 6.79. The third kappa shape index (κ3) is 4.66. The fourth-order valence-electron chi connectivity index (χ4n) is 2.06. The number of hydrogen-bond donors (Lipinski definition) is 2. The van der Waals surface area contributed by atoms with Gasteiger partial charge in [0.25, 0.3) is 0 Å². The van der Waals surface area contributed by atoms with Gasteiger partial charge in [-0.3, -0.25) is 9.59 Å². The minimum Gasteiger partial charge on any atom is -0.366 e. The van der Waals surface area contributed by atoms with E-state index < -0.39 is 21.7 Å². The second kappa shape index (κ2) is 7.27. The fourth-order valence-corrected chi connectivity index (χ4v) is 3.30. The van der Waals surface area contributed by atoms with Crippen LogP contribution in [-0.2, 0) is 14.6 Å². The number of amides is 2. The summed E-state index contributed by atoms with van der Waals surface area (Å²) in [4.78, 5) is 23.2. The monoisotopic (exact) mass is 346 g/mol. The molecule has 0 fully saturated rings. The Balaban J connectivity index is 1.99. The molecule has 0 aliphatic rings. The van der Waals surface area contributed by atoms with Crippen LogP contribution in [0.1, 0.15) is 22.3 Å². The van der Waals surface area contributed by atoms with Crippen molar-refractivity contribution in [3.63, 3.8) is 0 Å². The van der Waals surface area contributed by atoms with Crippen LogP contribution in [0.3, 0.4) is 0 Å². The first-order valence-electron chi connectivity index (χ1n) is 7.27. The Bertz CT molecular complexity index is 858. The van der Waals surface area contributed by atoms with Crippen molar-refractivity contribution in [3.8, 4) is 0 Å². The summed E-state index contributed by atoms with van der Waals surface area (Å²) >= 11 is 0. The Morgan fingerprint density at radius 1 is 1.08 bits per heavy atom. The predicted molar refractivity (Wildman–Crippen MR) is 91.4 cm³/mol. The van der Waals surface area contributed by atoms with Gasteiger partial charge in [0, 0.05) is 17.7 Å². The van der Waals surface area contributed by atoms with Crippen molar-refractivity contribution in [2.75, 3.05) is 11.1 Å². The minimum atomic E-state index is -3.52. The molecule has 0 unspecified atom stereocenters. The van der Waals surface area contributed by atoms with E-state index in [0.29, 0.717) is 5.69 Å².